The van der Waals surface area contributed by atoms with Crippen molar-refractivity contribution >= 4 is 46.1 Å². The van der Waals surface area contributed by atoms with Gasteiger partial charge in [0.2, 0.25) is 0 Å². The fourth-order valence-electron chi connectivity index (χ4n) is 2.36. The van der Waals surface area contributed by atoms with Crippen LogP contribution in [0, 0.1) is 5.82 Å². The minimum atomic E-state index is -0.444. The summed E-state index contributed by atoms with van der Waals surface area (Å²) in [6.07, 6.45) is 0. The van der Waals surface area contributed by atoms with E-state index >= 15 is 0 Å². The number of halogens is 2. The Kier molecular flexibility index (Phi) is 8.65. The smallest absolute Gasteiger partial charge is 0.261 e. The predicted molar refractivity (Wildman–Crippen MR) is 108 cm³/mol. The standard InChI is InChI=1S/C12H15FN2O3.C6H6ClNOS/c13-10-7-9(1-2-11(10)14-3-5-16)15-4-6-18-8-12(15)17;1-8-6(9)4-2-3-5(7)10-4/h1-2,7,14,16H,3-6,8H2;2-3H,1H3,(H,8,9). The Morgan fingerprint density at radius 2 is 2.18 bits per heavy atom. The highest BCUT2D eigenvalue weighted by atomic mass is 35.5. The van der Waals surface area contributed by atoms with E-state index in [4.69, 9.17) is 21.4 Å². The van der Waals surface area contributed by atoms with Gasteiger partial charge in [-0.1, -0.05) is 11.6 Å². The van der Waals surface area contributed by atoms with E-state index in [1.807, 2.05) is 0 Å². The average Bonchev–Trinajstić information content (AvgIpc) is 3.14. The summed E-state index contributed by atoms with van der Waals surface area (Å²) < 4.78 is 19.4. The zero-order chi connectivity index (χ0) is 20.5. The number of benzene rings is 1. The maximum Gasteiger partial charge on any atom is 0.261 e. The topological polar surface area (TPSA) is 90.9 Å². The molecule has 1 aliphatic rings. The van der Waals surface area contributed by atoms with E-state index in [2.05, 4.69) is 10.6 Å². The monoisotopic (exact) mass is 429 g/mol. The minimum absolute atomic E-state index is 0.0339. The fraction of sp³-hybridized carbons (Fsp3) is 0.333. The first-order valence-corrected chi connectivity index (χ1v) is 9.65. The number of amides is 2. The Bertz CT molecular complexity index is 818. The number of nitrogens with zero attached hydrogens (tertiary/aromatic N) is 1. The molecular formula is C18H21ClFN3O4S. The number of hydrogen-bond donors (Lipinski definition) is 3. The van der Waals surface area contributed by atoms with E-state index in [1.54, 1.807) is 31.3 Å². The first-order valence-electron chi connectivity index (χ1n) is 8.46. The zero-order valence-electron chi connectivity index (χ0n) is 15.2. The molecule has 1 aromatic carbocycles. The number of carbonyl (C=O) groups is 2. The maximum atomic E-state index is 13.7. The molecule has 1 aromatic heterocycles. The summed E-state index contributed by atoms with van der Waals surface area (Å²) in [4.78, 5) is 24.6. The van der Waals surface area contributed by atoms with Crippen molar-refractivity contribution < 1.29 is 23.8 Å². The van der Waals surface area contributed by atoms with Crippen molar-refractivity contribution in [2.75, 3.05) is 50.2 Å². The molecule has 2 aromatic rings. The SMILES string of the molecule is CNC(=O)c1ccc(Cl)s1.O=C1COCCN1c1ccc(NCCO)c(F)c1. The highest BCUT2D eigenvalue weighted by molar-refractivity contribution is 7.17. The number of carbonyl (C=O) groups excluding carboxylic acids is 2. The molecule has 1 aliphatic heterocycles. The molecule has 2 amide bonds. The Hall–Kier alpha value is -2.20. The van der Waals surface area contributed by atoms with Crippen LogP contribution in [0.15, 0.2) is 30.3 Å². The van der Waals surface area contributed by atoms with Crippen LogP contribution in [0.5, 0.6) is 0 Å². The van der Waals surface area contributed by atoms with Crippen LogP contribution in [0.2, 0.25) is 4.34 Å². The molecule has 0 spiro atoms. The van der Waals surface area contributed by atoms with Gasteiger partial charge in [-0.2, -0.15) is 0 Å². The van der Waals surface area contributed by atoms with Gasteiger partial charge in [0.05, 0.1) is 28.1 Å². The largest absolute Gasteiger partial charge is 0.395 e. The highest BCUT2D eigenvalue weighted by Gasteiger charge is 2.20. The molecular weight excluding hydrogens is 409 g/mol. The highest BCUT2D eigenvalue weighted by Crippen LogP contribution is 2.23. The third kappa shape index (κ3) is 6.16. The van der Waals surface area contributed by atoms with Gasteiger partial charge >= 0.3 is 0 Å². The van der Waals surface area contributed by atoms with Crippen molar-refractivity contribution in [1.82, 2.24) is 5.32 Å². The molecule has 0 atom stereocenters. The number of aliphatic hydroxyl groups excluding tert-OH is 1. The van der Waals surface area contributed by atoms with Crippen LogP contribution in [-0.2, 0) is 9.53 Å². The number of ether oxygens (including phenoxy) is 1. The summed E-state index contributed by atoms with van der Waals surface area (Å²) in [6.45, 7) is 1.14. The molecule has 7 nitrogen and oxygen atoms in total. The summed E-state index contributed by atoms with van der Waals surface area (Å²) in [5, 5.41) is 13.9. The van der Waals surface area contributed by atoms with Gasteiger partial charge in [-0.25, -0.2) is 4.39 Å². The van der Waals surface area contributed by atoms with Crippen molar-refractivity contribution in [2.45, 2.75) is 0 Å². The van der Waals surface area contributed by atoms with Gasteiger partial charge in [0.15, 0.2) is 0 Å². The van der Waals surface area contributed by atoms with E-state index in [-0.39, 0.29) is 31.6 Å². The van der Waals surface area contributed by atoms with E-state index in [0.29, 0.717) is 33.7 Å². The molecule has 0 radical (unpaired) electrons. The summed E-state index contributed by atoms with van der Waals surface area (Å²) in [5.41, 5.74) is 0.837. The van der Waals surface area contributed by atoms with Crippen molar-refractivity contribution in [3.8, 4) is 0 Å². The number of anilines is 2. The van der Waals surface area contributed by atoms with Crippen LogP contribution >= 0.6 is 22.9 Å². The molecule has 1 fully saturated rings. The van der Waals surface area contributed by atoms with E-state index < -0.39 is 5.82 Å². The van der Waals surface area contributed by atoms with Gasteiger partial charge in [0.25, 0.3) is 11.8 Å². The number of thiophene rings is 1. The molecule has 28 heavy (non-hydrogen) atoms. The molecule has 0 unspecified atom stereocenters. The van der Waals surface area contributed by atoms with E-state index in [1.165, 1.54) is 22.3 Å². The lowest BCUT2D eigenvalue weighted by molar-refractivity contribution is -0.125. The molecule has 152 valence electrons. The van der Waals surface area contributed by atoms with Crippen LogP contribution in [0.1, 0.15) is 9.67 Å². The summed E-state index contributed by atoms with van der Waals surface area (Å²) >= 11 is 6.87. The Balaban J connectivity index is 0.000000237. The number of morpholine rings is 1. The van der Waals surface area contributed by atoms with Gasteiger partial charge in [-0.15, -0.1) is 11.3 Å². The lowest BCUT2D eigenvalue weighted by Gasteiger charge is -2.27. The number of rotatable bonds is 5. The summed E-state index contributed by atoms with van der Waals surface area (Å²) in [5.74, 6) is -0.700. The van der Waals surface area contributed by atoms with Crippen molar-refractivity contribution in [3.05, 3.63) is 45.4 Å². The average molecular weight is 430 g/mol. The molecule has 3 N–H and O–H groups in total. The van der Waals surface area contributed by atoms with Crippen LogP contribution in [0.4, 0.5) is 15.8 Å². The van der Waals surface area contributed by atoms with E-state index in [0.717, 1.165) is 0 Å². The third-order valence-corrected chi connectivity index (χ3v) is 4.93. The van der Waals surface area contributed by atoms with Crippen LogP contribution < -0.4 is 15.5 Å². The third-order valence-electron chi connectivity index (χ3n) is 3.70. The van der Waals surface area contributed by atoms with Gasteiger partial charge in [-0.05, 0) is 30.3 Å². The maximum absolute atomic E-state index is 13.7. The van der Waals surface area contributed by atoms with Crippen LogP contribution in [0.25, 0.3) is 0 Å². The zero-order valence-corrected chi connectivity index (χ0v) is 16.8. The minimum Gasteiger partial charge on any atom is -0.395 e. The molecule has 2 heterocycles. The first-order chi connectivity index (χ1) is 13.5. The quantitative estimate of drug-likeness (QED) is 0.678. The van der Waals surface area contributed by atoms with Crippen LogP contribution in [-0.4, -0.2) is 56.9 Å². The second-order valence-corrected chi connectivity index (χ2v) is 7.31. The number of aliphatic hydroxyl groups is 1. The Labute approximate surface area is 171 Å². The fourth-order valence-corrected chi connectivity index (χ4v) is 3.35. The second-order valence-electron chi connectivity index (χ2n) is 5.60. The molecule has 0 saturated carbocycles. The normalized spacial score (nSPS) is 13.6. The van der Waals surface area contributed by atoms with Crippen LogP contribution in [0.3, 0.4) is 0 Å². The van der Waals surface area contributed by atoms with Gasteiger partial charge < -0.3 is 25.4 Å². The molecule has 0 bridgehead atoms. The lowest BCUT2D eigenvalue weighted by Crippen LogP contribution is -2.41. The molecule has 10 heteroatoms. The second kappa shape index (κ2) is 11.0. The number of hydrogen-bond acceptors (Lipinski definition) is 6. The Morgan fingerprint density at radius 1 is 1.39 bits per heavy atom. The summed E-state index contributed by atoms with van der Waals surface area (Å²) in [7, 11) is 1.59. The van der Waals surface area contributed by atoms with Crippen molar-refractivity contribution in [2.24, 2.45) is 0 Å². The van der Waals surface area contributed by atoms with Gasteiger partial charge in [-0.3, -0.25) is 9.59 Å². The van der Waals surface area contributed by atoms with Crippen molar-refractivity contribution in [3.63, 3.8) is 0 Å². The first kappa shape index (κ1) is 22.1. The predicted octanol–water partition coefficient (Wildman–Crippen LogP) is 2.35. The van der Waals surface area contributed by atoms with Gasteiger partial charge in [0.1, 0.15) is 12.4 Å². The number of nitrogens with one attached hydrogen (secondary N) is 2. The molecule has 0 aliphatic carbocycles. The lowest BCUT2D eigenvalue weighted by atomic mass is 10.2. The van der Waals surface area contributed by atoms with E-state index in [9.17, 15) is 14.0 Å². The molecule has 3 rings (SSSR count). The van der Waals surface area contributed by atoms with Crippen molar-refractivity contribution in [1.29, 1.82) is 0 Å². The van der Waals surface area contributed by atoms with Gasteiger partial charge in [0, 0.05) is 25.8 Å². The molecule has 1 saturated heterocycles. The Morgan fingerprint density at radius 3 is 2.75 bits per heavy atom. The summed E-state index contributed by atoms with van der Waals surface area (Å²) in [6, 6.07) is 7.95.